The molecule has 0 rings (SSSR count). The molecule has 0 atom stereocenters. The third-order valence-electron chi connectivity index (χ3n) is 1.94. The maximum atomic E-state index is 10.5. The first kappa shape index (κ1) is 14.7. The molecule has 0 spiro atoms. The number of esters is 1. The number of oxime groups is 1. The summed E-state index contributed by atoms with van der Waals surface area (Å²) >= 11 is 0. The standard InChI is InChI=1S/C12H21NO3/c1-4-5-6-8-12(13-15-3)9-7-10-16-11(2)14/h7,9H,4-6,8,10H2,1-3H3/b9-7+,13-12+. The van der Waals surface area contributed by atoms with Crippen molar-refractivity contribution in [1.29, 1.82) is 0 Å². The number of hydrogen-bond donors (Lipinski definition) is 0. The smallest absolute Gasteiger partial charge is 0.302 e. The predicted molar refractivity (Wildman–Crippen MR) is 64.4 cm³/mol. The van der Waals surface area contributed by atoms with E-state index in [4.69, 9.17) is 9.57 Å². The van der Waals surface area contributed by atoms with E-state index in [1.807, 2.05) is 6.08 Å². The lowest BCUT2D eigenvalue weighted by atomic mass is 10.1. The van der Waals surface area contributed by atoms with Crippen LogP contribution in [0, 0.1) is 0 Å². The minimum absolute atomic E-state index is 0.277. The Balaban J connectivity index is 3.92. The summed E-state index contributed by atoms with van der Waals surface area (Å²) in [4.78, 5) is 15.3. The summed E-state index contributed by atoms with van der Waals surface area (Å²) < 4.78 is 4.77. The topological polar surface area (TPSA) is 47.9 Å². The fourth-order valence-corrected chi connectivity index (χ4v) is 1.18. The van der Waals surface area contributed by atoms with Gasteiger partial charge in [-0.15, -0.1) is 0 Å². The summed E-state index contributed by atoms with van der Waals surface area (Å²) in [6.07, 6.45) is 7.94. The highest BCUT2D eigenvalue weighted by atomic mass is 16.6. The van der Waals surface area contributed by atoms with Crippen LogP contribution in [-0.4, -0.2) is 25.4 Å². The van der Waals surface area contributed by atoms with E-state index in [0.717, 1.165) is 18.6 Å². The van der Waals surface area contributed by atoms with Crippen molar-refractivity contribution in [3.05, 3.63) is 12.2 Å². The molecule has 0 aliphatic rings. The van der Waals surface area contributed by atoms with Gasteiger partial charge in [0.15, 0.2) is 0 Å². The Morgan fingerprint density at radius 1 is 1.38 bits per heavy atom. The van der Waals surface area contributed by atoms with Crippen LogP contribution in [0.25, 0.3) is 0 Å². The van der Waals surface area contributed by atoms with Crippen LogP contribution in [0.3, 0.4) is 0 Å². The van der Waals surface area contributed by atoms with Crippen molar-refractivity contribution in [1.82, 2.24) is 0 Å². The van der Waals surface area contributed by atoms with E-state index in [-0.39, 0.29) is 12.6 Å². The van der Waals surface area contributed by atoms with Gasteiger partial charge in [-0.2, -0.15) is 0 Å². The third kappa shape index (κ3) is 9.24. The van der Waals surface area contributed by atoms with Crippen molar-refractivity contribution in [3.8, 4) is 0 Å². The average Bonchev–Trinajstić information content (AvgIpc) is 2.24. The van der Waals surface area contributed by atoms with Crippen LogP contribution in [-0.2, 0) is 14.4 Å². The molecule has 4 heteroatoms. The predicted octanol–water partition coefficient (Wildman–Crippen LogP) is 2.69. The van der Waals surface area contributed by atoms with Gasteiger partial charge < -0.3 is 9.57 Å². The molecule has 0 aromatic heterocycles. The van der Waals surface area contributed by atoms with E-state index in [2.05, 4.69) is 12.1 Å². The fraction of sp³-hybridized carbons (Fsp3) is 0.667. The third-order valence-corrected chi connectivity index (χ3v) is 1.94. The van der Waals surface area contributed by atoms with Crippen molar-refractivity contribution in [2.75, 3.05) is 13.7 Å². The molecule has 0 saturated carbocycles. The lowest BCUT2D eigenvalue weighted by Gasteiger charge is -2.00. The molecule has 0 aromatic carbocycles. The zero-order chi connectivity index (χ0) is 12.2. The van der Waals surface area contributed by atoms with E-state index in [1.165, 1.54) is 26.9 Å². The zero-order valence-corrected chi connectivity index (χ0v) is 10.4. The Bertz CT molecular complexity index is 247. The first-order valence-corrected chi connectivity index (χ1v) is 5.60. The summed E-state index contributed by atoms with van der Waals surface area (Å²) in [5, 5.41) is 3.90. The molecule has 0 aliphatic heterocycles. The highest BCUT2D eigenvalue weighted by Crippen LogP contribution is 2.02. The molecule has 16 heavy (non-hydrogen) atoms. The lowest BCUT2D eigenvalue weighted by molar-refractivity contribution is -0.139. The second-order valence-electron chi connectivity index (χ2n) is 3.43. The minimum atomic E-state index is -0.277. The maximum Gasteiger partial charge on any atom is 0.302 e. The van der Waals surface area contributed by atoms with Crippen LogP contribution in [0.1, 0.15) is 39.5 Å². The Morgan fingerprint density at radius 3 is 2.69 bits per heavy atom. The number of carbonyl (C=O) groups is 1. The Hall–Kier alpha value is -1.32. The summed E-state index contributed by atoms with van der Waals surface area (Å²) in [6, 6.07) is 0. The molecule has 92 valence electrons. The monoisotopic (exact) mass is 227 g/mol. The number of ether oxygens (including phenoxy) is 1. The van der Waals surface area contributed by atoms with Gasteiger partial charge in [0, 0.05) is 6.92 Å². The van der Waals surface area contributed by atoms with Crippen LogP contribution in [0.15, 0.2) is 17.3 Å². The number of rotatable bonds is 8. The first-order chi connectivity index (χ1) is 7.70. The van der Waals surface area contributed by atoms with Crippen LogP contribution >= 0.6 is 0 Å². The van der Waals surface area contributed by atoms with E-state index < -0.39 is 0 Å². The summed E-state index contributed by atoms with van der Waals surface area (Å²) in [5.41, 5.74) is 0.878. The van der Waals surface area contributed by atoms with Gasteiger partial charge in [0.2, 0.25) is 0 Å². The summed E-state index contributed by atoms with van der Waals surface area (Å²) in [5.74, 6) is -0.277. The summed E-state index contributed by atoms with van der Waals surface area (Å²) in [6.45, 7) is 3.83. The van der Waals surface area contributed by atoms with Gasteiger partial charge in [-0.05, 0) is 25.0 Å². The Morgan fingerprint density at radius 2 is 2.12 bits per heavy atom. The molecule has 0 bridgehead atoms. The molecular formula is C12H21NO3. The zero-order valence-electron chi connectivity index (χ0n) is 10.4. The molecule has 0 aliphatic carbocycles. The van der Waals surface area contributed by atoms with Gasteiger partial charge in [0.25, 0.3) is 0 Å². The van der Waals surface area contributed by atoms with Crippen LogP contribution in [0.4, 0.5) is 0 Å². The molecule has 0 fully saturated rings. The van der Waals surface area contributed by atoms with Crippen molar-refractivity contribution in [3.63, 3.8) is 0 Å². The normalized spacial score (nSPS) is 11.8. The molecular weight excluding hydrogens is 206 g/mol. The van der Waals surface area contributed by atoms with Gasteiger partial charge in [-0.1, -0.05) is 24.9 Å². The number of allylic oxidation sites excluding steroid dienone is 1. The number of unbranched alkanes of at least 4 members (excludes halogenated alkanes) is 2. The number of nitrogens with zero attached hydrogens (tertiary/aromatic N) is 1. The highest BCUT2D eigenvalue weighted by Gasteiger charge is 1.96. The van der Waals surface area contributed by atoms with Crippen molar-refractivity contribution >= 4 is 11.7 Å². The van der Waals surface area contributed by atoms with Crippen LogP contribution in [0.5, 0.6) is 0 Å². The van der Waals surface area contributed by atoms with Gasteiger partial charge in [0.1, 0.15) is 13.7 Å². The quantitative estimate of drug-likeness (QED) is 0.277. The molecule has 0 heterocycles. The van der Waals surface area contributed by atoms with Crippen molar-refractivity contribution in [2.24, 2.45) is 5.16 Å². The Labute approximate surface area is 97.3 Å². The van der Waals surface area contributed by atoms with Gasteiger partial charge in [-0.3, -0.25) is 4.79 Å². The van der Waals surface area contributed by atoms with Gasteiger partial charge in [-0.25, -0.2) is 0 Å². The molecule has 0 N–H and O–H groups in total. The average molecular weight is 227 g/mol. The van der Waals surface area contributed by atoms with E-state index in [0.29, 0.717) is 0 Å². The highest BCUT2D eigenvalue weighted by molar-refractivity contribution is 5.94. The van der Waals surface area contributed by atoms with E-state index in [9.17, 15) is 4.79 Å². The molecule has 4 nitrogen and oxygen atoms in total. The fourth-order valence-electron chi connectivity index (χ4n) is 1.18. The maximum absolute atomic E-state index is 10.5. The summed E-state index contributed by atoms with van der Waals surface area (Å²) in [7, 11) is 1.53. The van der Waals surface area contributed by atoms with E-state index >= 15 is 0 Å². The lowest BCUT2D eigenvalue weighted by Crippen LogP contribution is -2.00. The molecule has 0 saturated heterocycles. The minimum Gasteiger partial charge on any atom is -0.462 e. The second-order valence-corrected chi connectivity index (χ2v) is 3.43. The SMILES string of the molecule is CCCCCC(/C=C/COC(C)=O)=N\OC. The number of hydrogen-bond acceptors (Lipinski definition) is 4. The largest absolute Gasteiger partial charge is 0.462 e. The molecule has 0 aromatic rings. The van der Waals surface area contributed by atoms with E-state index in [1.54, 1.807) is 6.08 Å². The molecule has 0 unspecified atom stereocenters. The molecule has 0 radical (unpaired) electrons. The van der Waals surface area contributed by atoms with Crippen molar-refractivity contribution in [2.45, 2.75) is 39.5 Å². The first-order valence-electron chi connectivity index (χ1n) is 5.60. The van der Waals surface area contributed by atoms with Gasteiger partial charge >= 0.3 is 5.97 Å². The number of carbonyl (C=O) groups excluding carboxylic acids is 1. The molecule has 0 amide bonds. The van der Waals surface area contributed by atoms with Crippen LogP contribution < -0.4 is 0 Å². The van der Waals surface area contributed by atoms with Gasteiger partial charge in [0.05, 0.1) is 5.71 Å². The Kier molecular flexibility index (Phi) is 9.36. The van der Waals surface area contributed by atoms with Crippen molar-refractivity contribution < 1.29 is 14.4 Å². The second kappa shape index (κ2) is 10.2. The van der Waals surface area contributed by atoms with Crippen LogP contribution in [0.2, 0.25) is 0 Å².